The number of nitrogens with one attached hydrogen (secondary N) is 1. The molecule has 0 spiro atoms. The zero-order valence-corrected chi connectivity index (χ0v) is 14.7. The maximum absolute atomic E-state index is 13.8. The highest BCUT2D eigenvalue weighted by Crippen LogP contribution is 2.21. The predicted octanol–water partition coefficient (Wildman–Crippen LogP) is 4.20. The highest BCUT2D eigenvalue weighted by Gasteiger charge is 2.11. The minimum atomic E-state index is -0.654. The van der Waals surface area contributed by atoms with Crippen molar-refractivity contribution in [1.82, 2.24) is 9.78 Å². The Morgan fingerprint density at radius 1 is 1.07 bits per heavy atom. The zero-order chi connectivity index (χ0) is 19.7. The van der Waals surface area contributed by atoms with Gasteiger partial charge in [-0.1, -0.05) is 24.3 Å². The van der Waals surface area contributed by atoms with Crippen LogP contribution in [0.1, 0.15) is 15.9 Å². The number of fused-ring (bicyclic) bond motifs is 1. The second-order valence-corrected chi connectivity index (χ2v) is 6.36. The van der Waals surface area contributed by atoms with Crippen LogP contribution in [0.15, 0.2) is 66.9 Å². The molecule has 0 atom stereocenters. The lowest BCUT2D eigenvalue weighted by atomic mass is 10.1. The maximum atomic E-state index is 13.8. The molecule has 1 heterocycles. The molecule has 4 rings (SSSR count). The second kappa shape index (κ2) is 7.11. The number of carbonyl (C=O) groups excluding carboxylic acids is 1. The SMILES string of the molecule is Nc1ccccc1NC(=O)c1ccc(Cn2ncc3c(F)cc(F)cc32)cc1. The molecule has 140 valence electrons. The van der Waals surface area contributed by atoms with Crippen molar-refractivity contribution in [2.45, 2.75) is 6.54 Å². The lowest BCUT2D eigenvalue weighted by Crippen LogP contribution is -2.13. The number of para-hydroxylation sites is 2. The van der Waals surface area contributed by atoms with Crippen molar-refractivity contribution in [2.24, 2.45) is 0 Å². The van der Waals surface area contributed by atoms with Gasteiger partial charge in [0.25, 0.3) is 5.91 Å². The van der Waals surface area contributed by atoms with Gasteiger partial charge in [-0.3, -0.25) is 9.48 Å². The van der Waals surface area contributed by atoms with Gasteiger partial charge in [-0.2, -0.15) is 5.10 Å². The van der Waals surface area contributed by atoms with Gasteiger partial charge in [0.2, 0.25) is 0 Å². The van der Waals surface area contributed by atoms with E-state index < -0.39 is 11.6 Å². The Morgan fingerprint density at radius 3 is 2.57 bits per heavy atom. The van der Waals surface area contributed by atoms with E-state index in [-0.39, 0.29) is 11.3 Å². The summed E-state index contributed by atoms with van der Waals surface area (Å²) in [6, 6.07) is 16.0. The topological polar surface area (TPSA) is 72.9 Å². The summed E-state index contributed by atoms with van der Waals surface area (Å²) in [6.07, 6.45) is 1.37. The summed E-state index contributed by atoms with van der Waals surface area (Å²) in [7, 11) is 0. The third-order valence-corrected chi connectivity index (χ3v) is 4.43. The summed E-state index contributed by atoms with van der Waals surface area (Å²) in [5.41, 5.74) is 8.54. The van der Waals surface area contributed by atoms with E-state index in [1.54, 1.807) is 48.5 Å². The van der Waals surface area contributed by atoms with Crippen LogP contribution >= 0.6 is 0 Å². The number of hydrogen-bond acceptors (Lipinski definition) is 3. The number of nitrogens with zero attached hydrogens (tertiary/aromatic N) is 2. The number of hydrogen-bond donors (Lipinski definition) is 2. The van der Waals surface area contributed by atoms with Crippen LogP contribution in [0, 0.1) is 11.6 Å². The van der Waals surface area contributed by atoms with Crippen molar-refractivity contribution in [3.63, 3.8) is 0 Å². The number of halogens is 2. The summed E-state index contributed by atoms with van der Waals surface area (Å²) < 4.78 is 28.8. The van der Waals surface area contributed by atoms with E-state index in [0.29, 0.717) is 29.0 Å². The van der Waals surface area contributed by atoms with Crippen LogP contribution in [0.25, 0.3) is 10.9 Å². The maximum Gasteiger partial charge on any atom is 0.255 e. The van der Waals surface area contributed by atoms with Crippen LogP contribution in [0.2, 0.25) is 0 Å². The Bertz CT molecular complexity index is 1170. The predicted molar refractivity (Wildman–Crippen MR) is 104 cm³/mol. The average molecular weight is 378 g/mol. The van der Waals surface area contributed by atoms with Crippen molar-refractivity contribution in [2.75, 3.05) is 11.1 Å². The molecule has 7 heteroatoms. The first-order valence-electron chi connectivity index (χ1n) is 8.56. The number of nitrogen functional groups attached to an aromatic ring is 1. The summed E-state index contributed by atoms with van der Waals surface area (Å²) in [4.78, 5) is 12.4. The molecule has 0 radical (unpaired) electrons. The Labute approximate surface area is 159 Å². The quantitative estimate of drug-likeness (QED) is 0.523. The number of rotatable bonds is 4. The van der Waals surface area contributed by atoms with Crippen molar-refractivity contribution in [1.29, 1.82) is 0 Å². The Hall–Kier alpha value is -3.74. The molecule has 4 aromatic rings. The van der Waals surface area contributed by atoms with Crippen LogP contribution in [-0.4, -0.2) is 15.7 Å². The first-order chi connectivity index (χ1) is 13.5. The molecule has 0 aliphatic heterocycles. The van der Waals surface area contributed by atoms with Crippen molar-refractivity contribution in [3.8, 4) is 0 Å². The number of nitrogens with two attached hydrogens (primary N) is 1. The molecule has 0 saturated heterocycles. The molecule has 3 aromatic carbocycles. The molecule has 0 aliphatic rings. The largest absolute Gasteiger partial charge is 0.397 e. The Balaban J connectivity index is 1.52. The summed E-state index contributed by atoms with van der Waals surface area (Å²) >= 11 is 0. The first-order valence-corrected chi connectivity index (χ1v) is 8.56. The van der Waals surface area contributed by atoms with Crippen LogP contribution in [0.3, 0.4) is 0 Å². The van der Waals surface area contributed by atoms with Crippen LogP contribution in [0.5, 0.6) is 0 Å². The fourth-order valence-electron chi connectivity index (χ4n) is 2.97. The molecule has 28 heavy (non-hydrogen) atoms. The van der Waals surface area contributed by atoms with E-state index in [9.17, 15) is 13.6 Å². The monoisotopic (exact) mass is 378 g/mol. The lowest BCUT2D eigenvalue weighted by Gasteiger charge is -2.09. The van der Waals surface area contributed by atoms with Gasteiger partial charge >= 0.3 is 0 Å². The summed E-state index contributed by atoms with van der Waals surface area (Å²) in [5.74, 6) is -1.58. The van der Waals surface area contributed by atoms with Crippen LogP contribution in [0.4, 0.5) is 20.2 Å². The number of carbonyl (C=O) groups is 1. The molecule has 1 amide bonds. The number of anilines is 2. The Kier molecular flexibility index (Phi) is 4.49. The molecule has 0 bridgehead atoms. The third-order valence-electron chi connectivity index (χ3n) is 4.43. The Morgan fingerprint density at radius 2 is 1.82 bits per heavy atom. The van der Waals surface area contributed by atoms with Gasteiger partial charge in [-0.25, -0.2) is 8.78 Å². The van der Waals surface area contributed by atoms with Gasteiger partial charge in [0.15, 0.2) is 0 Å². The van der Waals surface area contributed by atoms with E-state index in [2.05, 4.69) is 10.4 Å². The van der Waals surface area contributed by atoms with Gasteiger partial charge in [0.05, 0.1) is 35.0 Å². The molecule has 5 nitrogen and oxygen atoms in total. The van der Waals surface area contributed by atoms with E-state index in [1.165, 1.54) is 16.9 Å². The van der Waals surface area contributed by atoms with Crippen molar-refractivity contribution >= 4 is 28.2 Å². The molecule has 1 aromatic heterocycles. The first kappa shape index (κ1) is 17.7. The molecule has 0 aliphatic carbocycles. The van der Waals surface area contributed by atoms with Gasteiger partial charge in [-0.05, 0) is 35.9 Å². The number of benzene rings is 3. The minimum Gasteiger partial charge on any atom is -0.397 e. The third kappa shape index (κ3) is 3.42. The number of aromatic nitrogens is 2. The lowest BCUT2D eigenvalue weighted by molar-refractivity contribution is 0.102. The number of amides is 1. The standard InChI is InChI=1S/C21H16F2N4O/c22-15-9-17(23)16-11-25-27(20(16)10-15)12-13-5-7-14(8-6-13)21(28)26-19-4-2-1-3-18(19)24/h1-11H,12,24H2,(H,26,28). The zero-order valence-electron chi connectivity index (χ0n) is 14.7. The van der Waals surface area contributed by atoms with E-state index in [1.807, 2.05) is 0 Å². The second-order valence-electron chi connectivity index (χ2n) is 6.36. The van der Waals surface area contributed by atoms with Crippen molar-refractivity contribution < 1.29 is 13.6 Å². The smallest absolute Gasteiger partial charge is 0.255 e. The fourth-order valence-corrected chi connectivity index (χ4v) is 2.97. The highest BCUT2D eigenvalue weighted by molar-refractivity contribution is 6.05. The average Bonchev–Trinajstić information content (AvgIpc) is 3.07. The van der Waals surface area contributed by atoms with E-state index >= 15 is 0 Å². The highest BCUT2D eigenvalue weighted by atomic mass is 19.1. The van der Waals surface area contributed by atoms with Gasteiger partial charge in [0, 0.05) is 11.6 Å². The molecule has 0 fully saturated rings. The molecule has 0 saturated carbocycles. The summed E-state index contributed by atoms with van der Waals surface area (Å²) in [5, 5.41) is 7.16. The van der Waals surface area contributed by atoms with Gasteiger partial charge < -0.3 is 11.1 Å². The molecular formula is C21H16F2N4O. The van der Waals surface area contributed by atoms with Crippen molar-refractivity contribution in [3.05, 3.63) is 89.6 Å². The normalized spacial score (nSPS) is 10.9. The van der Waals surface area contributed by atoms with Crippen LogP contribution in [-0.2, 0) is 6.54 Å². The molecule has 3 N–H and O–H groups in total. The minimum absolute atomic E-state index is 0.262. The van der Waals surface area contributed by atoms with Gasteiger partial charge in [0.1, 0.15) is 11.6 Å². The van der Waals surface area contributed by atoms with E-state index in [0.717, 1.165) is 11.6 Å². The molecule has 0 unspecified atom stereocenters. The van der Waals surface area contributed by atoms with E-state index in [4.69, 9.17) is 5.73 Å². The fraction of sp³-hybridized carbons (Fsp3) is 0.0476. The van der Waals surface area contributed by atoms with Gasteiger partial charge in [-0.15, -0.1) is 0 Å². The van der Waals surface area contributed by atoms with Crippen LogP contribution < -0.4 is 11.1 Å². The summed E-state index contributed by atoms with van der Waals surface area (Å²) in [6.45, 7) is 0.319. The molecular weight excluding hydrogens is 362 g/mol.